The molecule has 6 nitrogen and oxygen atoms in total. The monoisotopic (exact) mass is 266 g/mol. The van der Waals surface area contributed by atoms with Crippen molar-refractivity contribution in [3.05, 3.63) is 22.7 Å². The summed E-state index contributed by atoms with van der Waals surface area (Å²) in [6.45, 7) is 5.96. The van der Waals surface area contributed by atoms with Gasteiger partial charge in [-0.05, 0) is 13.5 Å². The van der Waals surface area contributed by atoms with Crippen LogP contribution >= 0.6 is 0 Å². The highest BCUT2D eigenvalue weighted by Crippen LogP contribution is 2.04. The topological polar surface area (TPSA) is 59.4 Å². The number of anilines is 1. The fourth-order valence-electron chi connectivity index (χ4n) is 2.19. The second-order valence-corrected chi connectivity index (χ2v) is 4.91. The molecule has 106 valence electrons. The summed E-state index contributed by atoms with van der Waals surface area (Å²) in [5, 5.41) is 3.11. The van der Waals surface area contributed by atoms with E-state index in [1.807, 2.05) is 6.92 Å². The van der Waals surface area contributed by atoms with Crippen LogP contribution in [0, 0.1) is 0 Å². The Kier molecular flexibility index (Phi) is 4.93. The van der Waals surface area contributed by atoms with Crippen LogP contribution in [-0.2, 0) is 11.3 Å². The van der Waals surface area contributed by atoms with E-state index in [2.05, 4.69) is 22.2 Å². The van der Waals surface area contributed by atoms with E-state index in [-0.39, 0.29) is 11.7 Å². The van der Waals surface area contributed by atoms with Crippen LogP contribution in [0.5, 0.6) is 0 Å². The average Bonchev–Trinajstić information content (AvgIpc) is 2.40. The third-order valence-electron chi connectivity index (χ3n) is 3.22. The number of hydrogen-bond acceptors (Lipinski definition) is 5. The van der Waals surface area contributed by atoms with Gasteiger partial charge in [0.2, 0.25) is 0 Å². The maximum Gasteiger partial charge on any atom is 0.293 e. The number of aryl methyl sites for hydroxylation is 1. The zero-order chi connectivity index (χ0) is 13.7. The first-order valence-corrected chi connectivity index (χ1v) is 6.80. The quantitative estimate of drug-likeness (QED) is 0.836. The van der Waals surface area contributed by atoms with Crippen molar-refractivity contribution in [3.63, 3.8) is 0 Å². The summed E-state index contributed by atoms with van der Waals surface area (Å²) in [6.07, 6.45) is 4.43. The second kappa shape index (κ2) is 6.68. The highest BCUT2D eigenvalue weighted by molar-refractivity contribution is 5.30. The van der Waals surface area contributed by atoms with Gasteiger partial charge in [0.15, 0.2) is 5.82 Å². The SMILES string of the molecule is CCCn1ccnc(NCC2CN(C)CCO2)c1=O. The van der Waals surface area contributed by atoms with Gasteiger partial charge < -0.3 is 19.5 Å². The first-order valence-electron chi connectivity index (χ1n) is 6.80. The number of likely N-dealkylation sites (N-methyl/N-ethyl adjacent to an activating group) is 1. The fraction of sp³-hybridized carbons (Fsp3) is 0.692. The summed E-state index contributed by atoms with van der Waals surface area (Å²) in [5.41, 5.74) is -0.0616. The molecule has 1 aromatic rings. The Morgan fingerprint density at radius 2 is 2.42 bits per heavy atom. The Morgan fingerprint density at radius 3 is 3.16 bits per heavy atom. The zero-order valence-electron chi connectivity index (χ0n) is 11.6. The van der Waals surface area contributed by atoms with Crippen LogP contribution in [0.15, 0.2) is 17.2 Å². The summed E-state index contributed by atoms with van der Waals surface area (Å²) in [4.78, 5) is 18.4. The van der Waals surface area contributed by atoms with Crippen molar-refractivity contribution in [2.45, 2.75) is 26.0 Å². The van der Waals surface area contributed by atoms with Gasteiger partial charge in [0, 0.05) is 38.6 Å². The molecular weight excluding hydrogens is 244 g/mol. The molecule has 0 aliphatic carbocycles. The first kappa shape index (κ1) is 14.0. The summed E-state index contributed by atoms with van der Waals surface area (Å²) in [5.74, 6) is 0.410. The van der Waals surface area contributed by atoms with Crippen LogP contribution < -0.4 is 10.9 Å². The number of hydrogen-bond donors (Lipinski definition) is 1. The third kappa shape index (κ3) is 3.78. The highest BCUT2D eigenvalue weighted by atomic mass is 16.5. The van der Waals surface area contributed by atoms with Gasteiger partial charge in [-0.25, -0.2) is 4.98 Å². The smallest absolute Gasteiger partial charge is 0.293 e. The minimum absolute atomic E-state index is 0.0616. The molecule has 1 unspecified atom stereocenters. The Bertz CT molecular complexity index is 460. The Morgan fingerprint density at radius 1 is 1.58 bits per heavy atom. The van der Waals surface area contributed by atoms with E-state index < -0.39 is 0 Å². The average molecular weight is 266 g/mol. The van der Waals surface area contributed by atoms with Crippen molar-refractivity contribution in [2.75, 3.05) is 38.6 Å². The number of rotatable bonds is 5. The minimum atomic E-state index is -0.0616. The molecule has 1 N–H and O–H groups in total. The summed E-state index contributed by atoms with van der Waals surface area (Å²) >= 11 is 0. The molecule has 1 aliphatic rings. The molecule has 0 bridgehead atoms. The molecule has 0 amide bonds. The lowest BCUT2D eigenvalue weighted by Crippen LogP contribution is -2.43. The molecule has 0 radical (unpaired) electrons. The lowest BCUT2D eigenvalue weighted by atomic mass is 10.3. The van der Waals surface area contributed by atoms with Crippen LogP contribution in [0.3, 0.4) is 0 Å². The maximum atomic E-state index is 12.1. The fourth-order valence-corrected chi connectivity index (χ4v) is 2.19. The van der Waals surface area contributed by atoms with Gasteiger partial charge in [0.05, 0.1) is 12.7 Å². The molecular formula is C13H22N4O2. The van der Waals surface area contributed by atoms with Crippen molar-refractivity contribution in [1.82, 2.24) is 14.5 Å². The standard InChI is InChI=1S/C13H22N4O2/c1-3-5-17-6-4-14-12(13(17)18)15-9-11-10-16(2)7-8-19-11/h4,6,11H,3,5,7-10H2,1-2H3,(H,14,15). The molecule has 2 rings (SSSR count). The van der Waals surface area contributed by atoms with Gasteiger partial charge in [-0.2, -0.15) is 0 Å². The van der Waals surface area contributed by atoms with E-state index in [0.29, 0.717) is 12.4 Å². The number of nitrogens with zero attached hydrogens (tertiary/aromatic N) is 3. The Hall–Kier alpha value is -1.40. The van der Waals surface area contributed by atoms with Gasteiger partial charge in [0.25, 0.3) is 5.56 Å². The number of nitrogens with one attached hydrogen (secondary N) is 1. The van der Waals surface area contributed by atoms with E-state index in [0.717, 1.165) is 32.7 Å². The molecule has 0 spiro atoms. The molecule has 2 heterocycles. The minimum Gasteiger partial charge on any atom is -0.374 e. The second-order valence-electron chi connectivity index (χ2n) is 4.91. The summed E-state index contributed by atoms with van der Waals surface area (Å²) in [6, 6.07) is 0. The molecule has 0 saturated carbocycles. The Labute approximate surface area is 113 Å². The molecule has 1 fully saturated rings. The number of ether oxygens (including phenoxy) is 1. The first-order chi connectivity index (χ1) is 9.20. The van der Waals surface area contributed by atoms with Gasteiger partial charge in [-0.15, -0.1) is 0 Å². The van der Waals surface area contributed by atoms with Crippen LogP contribution in [0.1, 0.15) is 13.3 Å². The van der Waals surface area contributed by atoms with Gasteiger partial charge in [-0.1, -0.05) is 6.92 Å². The van der Waals surface area contributed by atoms with Gasteiger partial charge >= 0.3 is 0 Å². The van der Waals surface area contributed by atoms with Gasteiger partial charge in [-0.3, -0.25) is 4.79 Å². The van der Waals surface area contributed by atoms with E-state index >= 15 is 0 Å². The van der Waals surface area contributed by atoms with Crippen LogP contribution in [0.2, 0.25) is 0 Å². The van der Waals surface area contributed by atoms with E-state index in [9.17, 15) is 4.79 Å². The molecule has 1 atom stereocenters. The van der Waals surface area contributed by atoms with E-state index in [4.69, 9.17) is 4.74 Å². The van der Waals surface area contributed by atoms with Crippen LogP contribution in [0.4, 0.5) is 5.82 Å². The molecule has 1 aliphatic heterocycles. The van der Waals surface area contributed by atoms with E-state index in [1.54, 1.807) is 17.0 Å². The molecule has 0 aromatic carbocycles. The predicted octanol–water partition coefficient (Wildman–Crippen LogP) is 0.396. The molecule has 19 heavy (non-hydrogen) atoms. The molecule has 6 heteroatoms. The van der Waals surface area contributed by atoms with Crippen molar-refractivity contribution >= 4 is 5.82 Å². The van der Waals surface area contributed by atoms with Crippen molar-refractivity contribution in [3.8, 4) is 0 Å². The largest absolute Gasteiger partial charge is 0.374 e. The predicted molar refractivity (Wildman–Crippen MR) is 74.5 cm³/mol. The van der Waals surface area contributed by atoms with Crippen LogP contribution in [-0.4, -0.2) is 53.8 Å². The molecule has 1 aromatic heterocycles. The number of aromatic nitrogens is 2. The highest BCUT2D eigenvalue weighted by Gasteiger charge is 2.17. The summed E-state index contributed by atoms with van der Waals surface area (Å²) < 4.78 is 7.33. The molecule has 1 saturated heterocycles. The third-order valence-corrected chi connectivity index (χ3v) is 3.22. The van der Waals surface area contributed by atoms with Crippen molar-refractivity contribution < 1.29 is 4.74 Å². The lowest BCUT2D eigenvalue weighted by molar-refractivity contribution is -0.0117. The van der Waals surface area contributed by atoms with E-state index in [1.165, 1.54) is 0 Å². The number of morpholine rings is 1. The Balaban J connectivity index is 1.95. The van der Waals surface area contributed by atoms with Crippen molar-refractivity contribution in [1.29, 1.82) is 0 Å². The van der Waals surface area contributed by atoms with Crippen molar-refractivity contribution in [2.24, 2.45) is 0 Å². The zero-order valence-corrected chi connectivity index (χ0v) is 11.6. The summed E-state index contributed by atoms with van der Waals surface area (Å²) in [7, 11) is 2.07. The van der Waals surface area contributed by atoms with Gasteiger partial charge in [0.1, 0.15) is 0 Å². The maximum absolute atomic E-state index is 12.1. The normalized spacial score (nSPS) is 20.4. The van der Waals surface area contributed by atoms with Crippen LogP contribution in [0.25, 0.3) is 0 Å². The lowest BCUT2D eigenvalue weighted by Gasteiger charge is -2.30.